The van der Waals surface area contributed by atoms with Crippen molar-refractivity contribution in [2.45, 2.75) is 40.0 Å². The van der Waals surface area contributed by atoms with Crippen molar-refractivity contribution in [2.24, 2.45) is 11.8 Å². The molecule has 126 valence electrons. The van der Waals surface area contributed by atoms with E-state index in [2.05, 4.69) is 49.0 Å². The second-order valence-corrected chi connectivity index (χ2v) is 12.3. The fourth-order valence-corrected chi connectivity index (χ4v) is 9.79. The summed E-state index contributed by atoms with van der Waals surface area (Å²) in [6.07, 6.45) is 0.832. The molecule has 2 rings (SSSR count). The van der Waals surface area contributed by atoms with E-state index in [1.807, 2.05) is 12.1 Å². The molecule has 0 N–H and O–H groups in total. The van der Waals surface area contributed by atoms with E-state index in [9.17, 15) is 10.1 Å². The zero-order valence-electron chi connectivity index (χ0n) is 14.6. The van der Waals surface area contributed by atoms with E-state index in [0.29, 0.717) is 11.8 Å². The molecule has 1 heterocycles. The first kappa shape index (κ1) is 18.3. The molecular formula is C19H27IN2O. The number of halogens is 1. The van der Waals surface area contributed by atoms with Gasteiger partial charge in [0.2, 0.25) is 0 Å². The first-order valence-corrected chi connectivity index (χ1v) is 12.4. The predicted octanol–water partition coefficient (Wildman–Crippen LogP) is 4.87. The standard InChI is InChI=1S/C19H27IN2O/c1-14(2)11-20-12-16(13-21)9-10-22(20)19(23)18-7-5-17(6-8-18)15(3)4/h5-8,14-16H,9-12H2,1-4H3. The molecule has 1 aliphatic heterocycles. The van der Waals surface area contributed by atoms with E-state index in [0.717, 1.165) is 27.4 Å². The summed E-state index contributed by atoms with van der Waals surface area (Å²) in [5, 5.41) is 9.24. The molecule has 1 unspecified atom stereocenters. The van der Waals surface area contributed by atoms with Crippen molar-refractivity contribution in [3.05, 3.63) is 35.4 Å². The average Bonchev–Trinajstić information content (AvgIpc) is 2.53. The van der Waals surface area contributed by atoms with Crippen LogP contribution in [0, 0.1) is 23.2 Å². The normalized spacial score (nSPS) is 20.0. The van der Waals surface area contributed by atoms with Crippen LogP contribution in [-0.4, -0.2) is 24.4 Å². The third-order valence-corrected chi connectivity index (χ3v) is 11.5. The number of benzene rings is 1. The van der Waals surface area contributed by atoms with Gasteiger partial charge in [-0.05, 0) is 0 Å². The Morgan fingerprint density at radius 1 is 1.30 bits per heavy atom. The molecule has 0 radical (unpaired) electrons. The SMILES string of the molecule is CC(C)CI1CC(C#N)CCN1C(=O)c1ccc(C(C)C)cc1. The van der Waals surface area contributed by atoms with Gasteiger partial charge in [0.1, 0.15) is 0 Å². The van der Waals surface area contributed by atoms with E-state index in [-0.39, 0.29) is 11.8 Å². The molecule has 0 aromatic heterocycles. The van der Waals surface area contributed by atoms with Crippen molar-refractivity contribution in [3.63, 3.8) is 0 Å². The average molecular weight is 426 g/mol. The summed E-state index contributed by atoms with van der Waals surface area (Å²) in [5.74, 6) is 1.42. The molecule has 1 aromatic rings. The maximum atomic E-state index is 12.9. The zero-order valence-corrected chi connectivity index (χ0v) is 16.7. The van der Waals surface area contributed by atoms with Gasteiger partial charge in [-0.25, -0.2) is 0 Å². The van der Waals surface area contributed by atoms with Gasteiger partial charge in [0.25, 0.3) is 0 Å². The number of alkyl halides is 2. The van der Waals surface area contributed by atoms with E-state index >= 15 is 0 Å². The second-order valence-electron chi connectivity index (χ2n) is 6.91. The molecule has 4 heteroatoms. The van der Waals surface area contributed by atoms with Crippen molar-refractivity contribution in [1.29, 1.82) is 5.26 Å². The van der Waals surface area contributed by atoms with Crippen LogP contribution in [0.25, 0.3) is 0 Å². The van der Waals surface area contributed by atoms with Crippen LogP contribution in [0.2, 0.25) is 0 Å². The fourth-order valence-electron chi connectivity index (χ4n) is 2.73. The fraction of sp³-hybridized carbons (Fsp3) is 0.579. The summed E-state index contributed by atoms with van der Waals surface area (Å²) >= 11 is -1.57. The summed E-state index contributed by atoms with van der Waals surface area (Å²) < 4.78 is 4.24. The van der Waals surface area contributed by atoms with E-state index in [1.54, 1.807) is 0 Å². The topological polar surface area (TPSA) is 44.1 Å². The summed E-state index contributed by atoms with van der Waals surface area (Å²) in [5.41, 5.74) is 2.07. The number of nitriles is 1. The molecule has 3 nitrogen and oxygen atoms in total. The molecule has 1 aromatic carbocycles. The van der Waals surface area contributed by atoms with E-state index in [1.165, 1.54) is 5.56 Å². The van der Waals surface area contributed by atoms with Crippen LogP contribution in [0.4, 0.5) is 0 Å². The zero-order chi connectivity index (χ0) is 17.0. The number of hydrogen-bond acceptors (Lipinski definition) is 2. The summed E-state index contributed by atoms with van der Waals surface area (Å²) in [6.45, 7) is 9.52. The van der Waals surface area contributed by atoms with Gasteiger partial charge >= 0.3 is 148 Å². The molecule has 0 spiro atoms. The number of carbonyl (C=O) groups is 1. The number of hydrogen-bond donors (Lipinski definition) is 0. The van der Waals surface area contributed by atoms with Crippen LogP contribution in [0.15, 0.2) is 24.3 Å². The first-order valence-electron chi connectivity index (χ1n) is 8.35. The van der Waals surface area contributed by atoms with Crippen molar-refractivity contribution in [3.8, 4) is 6.07 Å². The van der Waals surface area contributed by atoms with Crippen LogP contribution >= 0.6 is 20.1 Å². The van der Waals surface area contributed by atoms with E-state index in [4.69, 9.17) is 0 Å². The third-order valence-electron chi connectivity index (χ3n) is 4.04. The van der Waals surface area contributed by atoms with Gasteiger partial charge in [-0.1, -0.05) is 0 Å². The van der Waals surface area contributed by atoms with Gasteiger partial charge in [0, 0.05) is 0 Å². The van der Waals surface area contributed by atoms with Gasteiger partial charge in [-0.3, -0.25) is 0 Å². The van der Waals surface area contributed by atoms with Crippen LogP contribution < -0.4 is 0 Å². The van der Waals surface area contributed by atoms with Gasteiger partial charge in [0.15, 0.2) is 0 Å². The Kier molecular flexibility index (Phi) is 6.46. The molecule has 0 saturated carbocycles. The molecular weight excluding hydrogens is 399 g/mol. The van der Waals surface area contributed by atoms with E-state index < -0.39 is 20.1 Å². The molecule has 23 heavy (non-hydrogen) atoms. The van der Waals surface area contributed by atoms with Gasteiger partial charge < -0.3 is 0 Å². The minimum atomic E-state index is -1.57. The summed E-state index contributed by atoms with van der Waals surface area (Å²) in [6, 6.07) is 10.5. The molecule has 1 aliphatic rings. The monoisotopic (exact) mass is 426 g/mol. The Morgan fingerprint density at radius 3 is 2.48 bits per heavy atom. The quantitative estimate of drug-likeness (QED) is 0.392. The number of rotatable bonds is 4. The molecule has 0 bridgehead atoms. The third kappa shape index (κ3) is 4.69. The van der Waals surface area contributed by atoms with Gasteiger partial charge in [-0.15, -0.1) is 0 Å². The number of amides is 1. The first-order chi connectivity index (χ1) is 10.9. The molecule has 0 aliphatic carbocycles. The molecule has 1 atom stereocenters. The number of nitrogens with zero attached hydrogens (tertiary/aromatic N) is 2. The predicted molar refractivity (Wildman–Crippen MR) is 104 cm³/mol. The Bertz CT molecular complexity index is 574. The Labute approximate surface area is 147 Å². The second kappa shape index (κ2) is 8.14. The van der Waals surface area contributed by atoms with Crippen LogP contribution in [0.3, 0.4) is 0 Å². The Balaban J connectivity index is 2.16. The van der Waals surface area contributed by atoms with Crippen LogP contribution in [0.1, 0.15) is 56.0 Å². The van der Waals surface area contributed by atoms with Crippen LogP contribution in [-0.2, 0) is 0 Å². The summed E-state index contributed by atoms with van der Waals surface area (Å²) in [7, 11) is 0. The van der Waals surface area contributed by atoms with Crippen molar-refractivity contribution in [1.82, 2.24) is 3.11 Å². The minimum absolute atomic E-state index is 0.159. The molecule has 1 amide bonds. The number of carbonyl (C=O) groups excluding carboxylic acids is 1. The van der Waals surface area contributed by atoms with Gasteiger partial charge in [-0.2, -0.15) is 0 Å². The maximum absolute atomic E-state index is 12.9. The van der Waals surface area contributed by atoms with Crippen molar-refractivity contribution < 1.29 is 4.79 Å². The Morgan fingerprint density at radius 2 is 1.96 bits per heavy atom. The Hall–Kier alpha value is -1.09. The van der Waals surface area contributed by atoms with Crippen molar-refractivity contribution in [2.75, 3.05) is 15.4 Å². The van der Waals surface area contributed by atoms with Crippen molar-refractivity contribution >= 4 is 26.0 Å². The molecule has 1 fully saturated rings. The summed E-state index contributed by atoms with van der Waals surface area (Å²) in [4.78, 5) is 12.9. The van der Waals surface area contributed by atoms with Crippen LogP contribution in [0.5, 0.6) is 0 Å². The molecule has 1 saturated heterocycles. The van der Waals surface area contributed by atoms with Gasteiger partial charge in [0.05, 0.1) is 0 Å².